The van der Waals surface area contributed by atoms with Gasteiger partial charge in [0, 0.05) is 11.6 Å². The third-order valence-electron chi connectivity index (χ3n) is 6.00. The molecular weight excluding hydrogens is 512 g/mol. The van der Waals surface area contributed by atoms with Crippen LogP contribution >= 0.6 is 11.6 Å². The van der Waals surface area contributed by atoms with Crippen molar-refractivity contribution in [3.63, 3.8) is 0 Å². The average molecular weight is 545 g/mol. The number of rotatable bonds is 12. The Morgan fingerprint density at radius 2 is 1.72 bits per heavy atom. The Bertz CT molecular complexity index is 1080. The molecule has 1 heterocycles. The van der Waals surface area contributed by atoms with E-state index in [4.69, 9.17) is 26.2 Å². The Balaban J connectivity index is 1.55. The van der Waals surface area contributed by atoms with Crippen LogP contribution in [0.25, 0.3) is 0 Å². The van der Waals surface area contributed by atoms with Crippen LogP contribution in [-0.4, -0.2) is 73.0 Å². The fraction of sp³-hybridized carbons (Fsp3) is 0.500. The zero-order chi connectivity index (χ0) is 26.3. The molecule has 0 spiro atoms. The van der Waals surface area contributed by atoms with E-state index in [1.54, 1.807) is 18.2 Å². The summed E-state index contributed by atoms with van der Waals surface area (Å²) in [4.78, 5) is 0. The molecule has 1 aliphatic heterocycles. The van der Waals surface area contributed by atoms with Gasteiger partial charge in [-0.25, -0.2) is 9.86 Å². The Kier molecular flexibility index (Phi) is 10.5. The molecule has 36 heavy (non-hydrogen) atoms. The van der Waals surface area contributed by atoms with Crippen LogP contribution in [0.2, 0.25) is 5.02 Å². The number of unbranched alkanes of at least 4 members (excludes halogenated alkanes) is 2. The van der Waals surface area contributed by atoms with Crippen LogP contribution in [0.15, 0.2) is 42.5 Å². The number of ether oxygens (including phenoxy) is 2. The minimum Gasteiger partial charge on any atom is -0.494 e. The summed E-state index contributed by atoms with van der Waals surface area (Å²) in [5.41, 5.74) is 2.34. The Labute approximate surface area is 215 Å². The molecule has 0 saturated carbocycles. The molecular formula is C24H33ClN2O8S. The summed E-state index contributed by atoms with van der Waals surface area (Å²) in [6, 6.07) is 12.7. The quantitative estimate of drug-likeness (QED) is 0.213. The lowest BCUT2D eigenvalue weighted by Gasteiger charge is -2.40. The number of aliphatic hydroxyl groups is 4. The van der Waals surface area contributed by atoms with E-state index >= 15 is 0 Å². The van der Waals surface area contributed by atoms with Gasteiger partial charge in [-0.2, -0.15) is 8.42 Å². The summed E-state index contributed by atoms with van der Waals surface area (Å²) in [5, 5.41) is 45.4. The lowest BCUT2D eigenvalue weighted by Crippen LogP contribution is -2.55. The normalized spacial score (nSPS) is 24.6. The van der Waals surface area contributed by atoms with Gasteiger partial charge in [-0.05, 0) is 60.6 Å². The minimum absolute atomic E-state index is 0.299. The Morgan fingerprint density at radius 1 is 1.00 bits per heavy atom. The number of halogens is 1. The maximum absolute atomic E-state index is 10.8. The molecule has 1 aliphatic rings. The van der Waals surface area contributed by atoms with Gasteiger partial charge in [-0.1, -0.05) is 35.9 Å². The molecule has 0 aromatic heterocycles. The summed E-state index contributed by atoms with van der Waals surface area (Å²) in [5.74, 6) is 0.711. The first-order chi connectivity index (χ1) is 17.1. The van der Waals surface area contributed by atoms with Crippen LogP contribution in [0.3, 0.4) is 0 Å². The first-order valence-electron chi connectivity index (χ1n) is 11.7. The second-order valence-corrected chi connectivity index (χ2v) is 10.6. The monoisotopic (exact) mass is 544 g/mol. The van der Waals surface area contributed by atoms with Crippen molar-refractivity contribution >= 4 is 21.8 Å². The third-order valence-corrected chi connectivity index (χ3v) is 6.98. The summed E-state index contributed by atoms with van der Waals surface area (Å²) in [6.07, 6.45) is -3.41. The van der Waals surface area contributed by atoms with Crippen molar-refractivity contribution < 1.29 is 38.3 Å². The van der Waals surface area contributed by atoms with Gasteiger partial charge in [0.1, 0.15) is 36.3 Å². The van der Waals surface area contributed by atoms with E-state index in [-0.39, 0.29) is 0 Å². The SMILES string of the molecule is NS(=O)(=O)NCCCCCOc1ccc(Cc2cc(C3OC(CO)C(O)C(O)C3O)ccc2Cl)cc1. The van der Waals surface area contributed by atoms with Crippen molar-refractivity contribution in [2.75, 3.05) is 19.8 Å². The first-order valence-corrected chi connectivity index (χ1v) is 13.6. The van der Waals surface area contributed by atoms with Crippen LogP contribution in [0.1, 0.15) is 42.1 Å². The summed E-state index contributed by atoms with van der Waals surface area (Å²) >= 11 is 6.40. The molecule has 200 valence electrons. The second kappa shape index (κ2) is 13.1. The van der Waals surface area contributed by atoms with Gasteiger partial charge in [0.15, 0.2) is 0 Å². The molecule has 5 unspecified atom stereocenters. The molecule has 7 N–H and O–H groups in total. The molecule has 0 aliphatic carbocycles. The number of benzene rings is 2. The van der Waals surface area contributed by atoms with E-state index in [2.05, 4.69) is 4.72 Å². The van der Waals surface area contributed by atoms with Gasteiger partial charge in [-0.3, -0.25) is 0 Å². The zero-order valence-corrected chi connectivity index (χ0v) is 21.2. The first kappa shape index (κ1) is 28.8. The fourth-order valence-electron chi connectivity index (χ4n) is 4.02. The number of nitrogens with two attached hydrogens (primary N) is 1. The maximum Gasteiger partial charge on any atom is 0.274 e. The van der Waals surface area contributed by atoms with Crippen LogP contribution in [0, 0.1) is 0 Å². The largest absolute Gasteiger partial charge is 0.494 e. The summed E-state index contributed by atoms with van der Waals surface area (Å²) in [7, 11) is -3.64. The molecule has 2 aromatic carbocycles. The van der Waals surface area contributed by atoms with Crippen LogP contribution < -0.4 is 14.6 Å². The number of hydrogen-bond donors (Lipinski definition) is 6. The van der Waals surface area contributed by atoms with Crippen molar-refractivity contribution in [1.29, 1.82) is 0 Å². The summed E-state index contributed by atoms with van der Waals surface area (Å²) < 4.78 is 35.2. The maximum atomic E-state index is 10.8. The molecule has 0 radical (unpaired) electrons. The third kappa shape index (κ3) is 8.10. The topological polar surface area (TPSA) is 172 Å². The van der Waals surface area contributed by atoms with Gasteiger partial charge in [0.2, 0.25) is 0 Å². The average Bonchev–Trinajstić information content (AvgIpc) is 2.84. The lowest BCUT2D eigenvalue weighted by molar-refractivity contribution is -0.231. The van der Waals surface area contributed by atoms with Crippen molar-refractivity contribution in [3.05, 3.63) is 64.2 Å². The van der Waals surface area contributed by atoms with Gasteiger partial charge in [-0.15, -0.1) is 0 Å². The molecule has 1 saturated heterocycles. The fourth-order valence-corrected chi connectivity index (χ4v) is 4.63. The van der Waals surface area contributed by atoms with Crippen LogP contribution in [0.5, 0.6) is 5.75 Å². The van der Waals surface area contributed by atoms with E-state index in [0.29, 0.717) is 42.3 Å². The van der Waals surface area contributed by atoms with Crippen LogP contribution in [0.4, 0.5) is 0 Å². The highest BCUT2D eigenvalue weighted by Gasteiger charge is 2.44. The predicted octanol–water partition coefficient (Wildman–Crippen LogP) is 0.788. The number of aliphatic hydroxyl groups excluding tert-OH is 4. The molecule has 1 fully saturated rings. The molecule has 10 nitrogen and oxygen atoms in total. The summed E-state index contributed by atoms with van der Waals surface area (Å²) in [6.45, 7) is 0.307. The van der Waals surface area contributed by atoms with Gasteiger partial charge in [0.05, 0.1) is 13.2 Å². The predicted molar refractivity (Wildman–Crippen MR) is 134 cm³/mol. The highest BCUT2D eigenvalue weighted by atomic mass is 35.5. The van der Waals surface area contributed by atoms with Crippen molar-refractivity contribution in [3.8, 4) is 5.75 Å². The van der Waals surface area contributed by atoms with E-state index < -0.39 is 47.3 Å². The van der Waals surface area contributed by atoms with Crippen LogP contribution in [-0.2, 0) is 21.4 Å². The molecule has 3 rings (SSSR count). The number of nitrogens with one attached hydrogen (secondary N) is 1. The van der Waals surface area contributed by atoms with Gasteiger partial charge < -0.3 is 29.9 Å². The highest BCUT2D eigenvalue weighted by Crippen LogP contribution is 2.34. The van der Waals surface area contributed by atoms with E-state index in [1.165, 1.54) is 0 Å². The van der Waals surface area contributed by atoms with Crippen molar-refractivity contribution in [2.24, 2.45) is 5.14 Å². The molecule has 2 aromatic rings. The highest BCUT2D eigenvalue weighted by molar-refractivity contribution is 7.87. The van der Waals surface area contributed by atoms with Crippen molar-refractivity contribution in [1.82, 2.24) is 4.72 Å². The van der Waals surface area contributed by atoms with E-state index in [9.17, 15) is 28.8 Å². The molecule has 0 bridgehead atoms. The Morgan fingerprint density at radius 3 is 2.39 bits per heavy atom. The molecule has 5 atom stereocenters. The molecule has 0 amide bonds. The minimum atomic E-state index is -3.64. The zero-order valence-electron chi connectivity index (χ0n) is 19.7. The van der Waals surface area contributed by atoms with Gasteiger partial charge in [0.25, 0.3) is 10.2 Å². The van der Waals surface area contributed by atoms with E-state index in [0.717, 1.165) is 24.0 Å². The molecule has 12 heteroatoms. The van der Waals surface area contributed by atoms with Gasteiger partial charge >= 0.3 is 0 Å². The Hall–Kier alpha value is -1.80. The second-order valence-electron chi connectivity index (χ2n) is 8.77. The van der Waals surface area contributed by atoms with E-state index in [1.807, 2.05) is 24.3 Å². The standard InChI is InChI=1S/C24H33ClN2O8S/c25-19-9-6-16(24-23(31)22(30)21(29)20(14-28)35-24)13-17(19)12-15-4-7-18(8-5-15)34-11-3-1-2-10-27-36(26,32)33/h4-9,13,20-24,27-31H,1-3,10-12,14H2,(H2,26,32,33). The number of hydrogen-bond acceptors (Lipinski definition) is 8. The smallest absolute Gasteiger partial charge is 0.274 e. The lowest BCUT2D eigenvalue weighted by atomic mass is 9.90. The van der Waals surface area contributed by atoms with Crippen molar-refractivity contribution in [2.45, 2.75) is 56.2 Å².